The Labute approximate surface area is 131 Å². The molecule has 5 nitrogen and oxygen atoms in total. The molecule has 0 aliphatic heterocycles. The average Bonchev–Trinajstić information content (AvgIpc) is 2.43. The van der Waals surface area contributed by atoms with Gasteiger partial charge < -0.3 is 11.1 Å². The molecule has 0 aliphatic rings. The summed E-state index contributed by atoms with van der Waals surface area (Å²) in [4.78, 5) is 12.5. The number of pyridine rings is 1. The Balaban J connectivity index is 2.09. The maximum atomic E-state index is 5.61. The fourth-order valence-corrected chi connectivity index (χ4v) is 2.47. The maximum absolute atomic E-state index is 5.61. The number of hydrogen-bond donors (Lipinski definition) is 2. The van der Waals surface area contributed by atoms with Gasteiger partial charge in [-0.25, -0.2) is 4.98 Å². The van der Waals surface area contributed by atoms with Crippen molar-refractivity contribution in [3.05, 3.63) is 45.6 Å². The molecule has 0 unspecified atom stereocenters. The molecule has 7 heteroatoms. The van der Waals surface area contributed by atoms with Crippen molar-refractivity contribution in [1.82, 2.24) is 15.0 Å². The van der Waals surface area contributed by atoms with E-state index in [1.54, 1.807) is 12.4 Å². The van der Waals surface area contributed by atoms with Gasteiger partial charge in [-0.15, -0.1) is 0 Å². The molecule has 0 saturated carbocycles. The summed E-state index contributed by atoms with van der Waals surface area (Å²) in [7, 11) is 0. The lowest BCUT2D eigenvalue weighted by Gasteiger charge is -2.10. The lowest BCUT2D eigenvalue weighted by Crippen LogP contribution is -2.01. The van der Waals surface area contributed by atoms with Gasteiger partial charge in [-0.3, -0.25) is 4.98 Å². The molecule has 0 radical (unpaired) electrons. The van der Waals surface area contributed by atoms with Crippen LogP contribution in [0.1, 0.15) is 0 Å². The fraction of sp³-hybridized carbons (Fsp3) is 0. The first-order valence-electron chi connectivity index (χ1n) is 5.73. The van der Waals surface area contributed by atoms with Gasteiger partial charge in [-0.2, -0.15) is 4.98 Å². The van der Waals surface area contributed by atoms with Crippen LogP contribution in [-0.4, -0.2) is 15.0 Å². The van der Waals surface area contributed by atoms with Crippen LogP contribution in [0, 0.1) is 0 Å². The molecular weight excluding hydrogens is 386 g/mol. The number of fused-ring (bicyclic) bond motifs is 1. The summed E-state index contributed by atoms with van der Waals surface area (Å²) in [6.07, 6.45) is 3.37. The minimum absolute atomic E-state index is 0.214. The normalized spacial score (nSPS) is 10.7. The number of anilines is 3. The highest BCUT2D eigenvalue weighted by atomic mass is 79.9. The van der Waals surface area contributed by atoms with Crippen LogP contribution in [0.25, 0.3) is 10.9 Å². The third-order valence-electron chi connectivity index (χ3n) is 2.69. The van der Waals surface area contributed by atoms with Crippen molar-refractivity contribution in [2.45, 2.75) is 0 Å². The van der Waals surface area contributed by atoms with Crippen LogP contribution in [0.2, 0.25) is 0 Å². The van der Waals surface area contributed by atoms with Gasteiger partial charge in [0.2, 0.25) is 5.95 Å². The third kappa shape index (κ3) is 2.59. The number of nitrogens with zero attached hydrogens (tertiary/aromatic N) is 3. The number of para-hydroxylation sites is 1. The van der Waals surface area contributed by atoms with Crippen LogP contribution < -0.4 is 11.1 Å². The van der Waals surface area contributed by atoms with Gasteiger partial charge in [-0.1, -0.05) is 12.1 Å². The summed E-state index contributed by atoms with van der Waals surface area (Å²) < 4.78 is 1.68. The number of rotatable bonds is 2. The highest BCUT2D eigenvalue weighted by Gasteiger charge is 2.07. The van der Waals surface area contributed by atoms with Crippen molar-refractivity contribution in [2.75, 3.05) is 11.1 Å². The zero-order chi connectivity index (χ0) is 14.1. The van der Waals surface area contributed by atoms with E-state index in [-0.39, 0.29) is 5.95 Å². The summed E-state index contributed by atoms with van der Waals surface area (Å²) >= 11 is 6.81. The van der Waals surface area contributed by atoms with Gasteiger partial charge >= 0.3 is 0 Å². The Bertz CT molecular complexity index is 791. The Morgan fingerprint density at radius 3 is 2.80 bits per heavy atom. The van der Waals surface area contributed by atoms with Gasteiger partial charge in [0.15, 0.2) is 0 Å². The molecule has 3 aromatic rings. The maximum Gasteiger partial charge on any atom is 0.222 e. The molecule has 1 aromatic carbocycles. The van der Waals surface area contributed by atoms with Crippen LogP contribution in [0.5, 0.6) is 0 Å². The molecule has 3 N–H and O–H groups in total. The van der Waals surface area contributed by atoms with Gasteiger partial charge in [-0.05, 0) is 44.0 Å². The molecule has 0 bridgehead atoms. The highest BCUT2D eigenvalue weighted by molar-refractivity contribution is 9.10. The van der Waals surface area contributed by atoms with E-state index in [9.17, 15) is 0 Å². The molecule has 2 heterocycles. The first-order chi connectivity index (χ1) is 9.63. The molecule has 0 spiro atoms. The van der Waals surface area contributed by atoms with E-state index in [1.165, 1.54) is 0 Å². The minimum Gasteiger partial charge on any atom is -0.368 e. The van der Waals surface area contributed by atoms with E-state index in [1.807, 2.05) is 24.3 Å². The van der Waals surface area contributed by atoms with Crippen LogP contribution in [-0.2, 0) is 0 Å². The first kappa shape index (κ1) is 13.3. The molecule has 3 rings (SSSR count). The Morgan fingerprint density at radius 1 is 1.10 bits per heavy atom. The lowest BCUT2D eigenvalue weighted by atomic mass is 10.2. The Hall–Kier alpha value is -1.73. The standard InChI is InChI=1S/C13H9Br2N5/c14-8-4-7-2-1-3-10(11(7)17-5-8)19-12-9(15)6-18-13(16)20-12/h1-6H,(H3,16,18,19,20). The average molecular weight is 395 g/mol. The SMILES string of the molecule is Nc1ncc(Br)c(Nc2cccc3cc(Br)cnc23)n1. The summed E-state index contributed by atoms with van der Waals surface area (Å²) in [6, 6.07) is 7.91. The zero-order valence-electron chi connectivity index (χ0n) is 10.1. The molecule has 20 heavy (non-hydrogen) atoms. The molecule has 2 aromatic heterocycles. The van der Waals surface area contributed by atoms with Crippen molar-refractivity contribution < 1.29 is 0 Å². The number of nitrogens with one attached hydrogen (secondary N) is 1. The van der Waals surface area contributed by atoms with E-state index in [0.717, 1.165) is 25.5 Å². The van der Waals surface area contributed by atoms with Gasteiger partial charge in [0, 0.05) is 22.3 Å². The fourth-order valence-electron chi connectivity index (χ4n) is 1.83. The number of nitrogens with two attached hydrogens (primary N) is 1. The van der Waals surface area contributed by atoms with E-state index in [4.69, 9.17) is 5.73 Å². The predicted molar refractivity (Wildman–Crippen MR) is 86.9 cm³/mol. The van der Waals surface area contributed by atoms with Crippen molar-refractivity contribution >= 4 is 60.2 Å². The number of halogens is 2. The summed E-state index contributed by atoms with van der Waals surface area (Å²) in [5.74, 6) is 0.821. The van der Waals surface area contributed by atoms with Gasteiger partial charge in [0.25, 0.3) is 0 Å². The number of aromatic nitrogens is 3. The van der Waals surface area contributed by atoms with Crippen LogP contribution in [0.4, 0.5) is 17.5 Å². The summed E-state index contributed by atoms with van der Waals surface area (Å²) in [5.41, 5.74) is 7.33. The second-order valence-corrected chi connectivity index (χ2v) is 5.85. The number of hydrogen-bond acceptors (Lipinski definition) is 5. The van der Waals surface area contributed by atoms with E-state index in [0.29, 0.717) is 5.82 Å². The second kappa shape index (κ2) is 5.34. The topological polar surface area (TPSA) is 76.7 Å². The molecule has 100 valence electrons. The summed E-state index contributed by atoms with van der Waals surface area (Å²) in [6.45, 7) is 0. The smallest absolute Gasteiger partial charge is 0.222 e. The number of nitrogen functional groups attached to an aromatic ring is 1. The van der Waals surface area contributed by atoms with Crippen molar-refractivity contribution in [1.29, 1.82) is 0 Å². The van der Waals surface area contributed by atoms with E-state index < -0.39 is 0 Å². The van der Waals surface area contributed by atoms with Crippen molar-refractivity contribution in [2.24, 2.45) is 0 Å². The largest absolute Gasteiger partial charge is 0.368 e. The highest BCUT2D eigenvalue weighted by Crippen LogP contribution is 2.28. The molecule has 0 saturated heterocycles. The number of benzene rings is 1. The van der Waals surface area contributed by atoms with Crippen LogP contribution >= 0.6 is 31.9 Å². The van der Waals surface area contributed by atoms with Gasteiger partial charge in [0.05, 0.1) is 15.7 Å². The predicted octanol–water partition coefficient (Wildman–Crippen LogP) is 3.88. The molecule has 0 aliphatic carbocycles. The monoisotopic (exact) mass is 393 g/mol. The molecule has 0 fully saturated rings. The van der Waals surface area contributed by atoms with Crippen LogP contribution in [0.15, 0.2) is 45.6 Å². The van der Waals surface area contributed by atoms with E-state index in [2.05, 4.69) is 52.1 Å². The minimum atomic E-state index is 0.214. The third-order valence-corrected chi connectivity index (χ3v) is 3.71. The molecule has 0 atom stereocenters. The molecular formula is C13H9Br2N5. The van der Waals surface area contributed by atoms with E-state index >= 15 is 0 Å². The Morgan fingerprint density at radius 2 is 1.95 bits per heavy atom. The van der Waals surface area contributed by atoms with Crippen LogP contribution in [0.3, 0.4) is 0 Å². The van der Waals surface area contributed by atoms with Gasteiger partial charge in [0.1, 0.15) is 5.82 Å². The van der Waals surface area contributed by atoms with Crippen molar-refractivity contribution in [3.63, 3.8) is 0 Å². The summed E-state index contributed by atoms with van der Waals surface area (Å²) in [5, 5.41) is 4.25. The first-order valence-corrected chi connectivity index (χ1v) is 7.31. The quantitative estimate of drug-likeness (QED) is 0.689. The zero-order valence-corrected chi connectivity index (χ0v) is 13.3. The second-order valence-electron chi connectivity index (χ2n) is 4.08. The van der Waals surface area contributed by atoms with Crippen molar-refractivity contribution in [3.8, 4) is 0 Å². The molecule has 0 amide bonds. The Kier molecular flexibility index (Phi) is 3.54. The lowest BCUT2D eigenvalue weighted by molar-refractivity contribution is 1.17.